The van der Waals surface area contributed by atoms with Gasteiger partial charge in [0.2, 0.25) is 0 Å². The maximum Gasteiger partial charge on any atom is 0.510 e. The van der Waals surface area contributed by atoms with Crippen LogP contribution in [0.4, 0.5) is 4.79 Å². The number of carbonyl (C=O) groups excluding carboxylic acids is 1. The van der Waals surface area contributed by atoms with Gasteiger partial charge in [-0.1, -0.05) is 0 Å². The number of rotatable bonds is 1. The highest BCUT2D eigenvalue weighted by Gasteiger charge is 2.22. The van der Waals surface area contributed by atoms with Crippen LogP contribution in [0.2, 0.25) is 0 Å². The van der Waals surface area contributed by atoms with Crippen LogP contribution in [0.15, 0.2) is 0 Å². The summed E-state index contributed by atoms with van der Waals surface area (Å²) >= 11 is 1.77. The molecule has 0 saturated carbocycles. The van der Waals surface area contributed by atoms with E-state index in [1.165, 1.54) is 0 Å². The van der Waals surface area contributed by atoms with E-state index in [-0.39, 0.29) is 6.23 Å². The third-order valence-corrected chi connectivity index (χ3v) is 2.55. The number of ether oxygens (including phenoxy) is 2. The lowest BCUT2D eigenvalue weighted by molar-refractivity contribution is -0.0286. The highest BCUT2D eigenvalue weighted by molar-refractivity contribution is 7.99. The van der Waals surface area contributed by atoms with Gasteiger partial charge in [0.1, 0.15) is 5.60 Å². The quantitative estimate of drug-likeness (QED) is 0.679. The Morgan fingerprint density at radius 2 is 2.21 bits per heavy atom. The van der Waals surface area contributed by atoms with Crippen molar-refractivity contribution in [3.8, 4) is 0 Å². The van der Waals surface area contributed by atoms with Crippen molar-refractivity contribution in [3.63, 3.8) is 0 Å². The lowest BCUT2D eigenvalue weighted by Gasteiger charge is -2.25. The first kappa shape index (κ1) is 11.7. The summed E-state index contributed by atoms with van der Waals surface area (Å²) < 4.78 is 10.1. The second-order valence-corrected chi connectivity index (χ2v) is 5.25. The Bertz CT molecular complexity index is 197. The second-order valence-electron chi connectivity index (χ2n) is 4.10. The third kappa shape index (κ3) is 4.72. The maximum atomic E-state index is 11.2. The summed E-state index contributed by atoms with van der Waals surface area (Å²) in [7, 11) is 0. The zero-order chi connectivity index (χ0) is 10.6. The lowest BCUT2D eigenvalue weighted by atomic mass is 10.2. The molecule has 1 aliphatic rings. The number of hydrogen-bond donors (Lipinski definition) is 1. The SMILES string of the molecule is CC(C)(C)OC(=O)O[C@@H]1CSCCN1. The van der Waals surface area contributed by atoms with Gasteiger partial charge in [-0.3, -0.25) is 5.32 Å². The molecule has 1 rings (SSSR count). The highest BCUT2D eigenvalue weighted by Crippen LogP contribution is 2.12. The first-order valence-corrected chi connectivity index (χ1v) is 5.83. The number of hydrogen-bond acceptors (Lipinski definition) is 5. The van der Waals surface area contributed by atoms with E-state index in [9.17, 15) is 4.79 Å². The van der Waals surface area contributed by atoms with Crippen LogP contribution in [0, 0.1) is 0 Å². The molecule has 0 unspecified atom stereocenters. The molecule has 1 atom stereocenters. The Hall–Kier alpha value is -0.420. The molecule has 1 aliphatic heterocycles. The van der Waals surface area contributed by atoms with E-state index in [1.54, 1.807) is 11.8 Å². The van der Waals surface area contributed by atoms with E-state index in [2.05, 4.69) is 5.32 Å². The zero-order valence-corrected chi connectivity index (χ0v) is 9.65. The molecule has 4 nitrogen and oxygen atoms in total. The molecule has 1 fully saturated rings. The summed E-state index contributed by atoms with van der Waals surface area (Å²) in [6.45, 7) is 6.32. The molecule has 1 saturated heterocycles. The van der Waals surface area contributed by atoms with Crippen molar-refractivity contribution in [3.05, 3.63) is 0 Å². The summed E-state index contributed by atoms with van der Waals surface area (Å²) in [4.78, 5) is 11.2. The summed E-state index contributed by atoms with van der Waals surface area (Å²) in [6.07, 6.45) is -0.805. The van der Waals surface area contributed by atoms with Crippen LogP contribution in [0.1, 0.15) is 20.8 Å². The van der Waals surface area contributed by atoms with Gasteiger partial charge in [0.05, 0.1) is 0 Å². The van der Waals surface area contributed by atoms with Crippen LogP contribution in [0.5, 0.6) is 0 Å². The Morgan fingerprint density at radius 3 is 2.71 bits per heavy atom. The average Bonchev–Trinajstić information content (AvgIpc) is 2.02. The van der Waals surface area contributed by atoms with Crippen molar-refractivity contribution in [1.29, 1.82) is 0 Å². The van der Waals surface area contributed by atoms with Crippen molar-refractivity contribution < 1.29 is 14.3 Å². The van der Waals surface area contributed by atoms with Crippen LogP contribution < -0.4 is 5.32 Å². The second kappa shape index (κ2) is 4.89. The van der Waals surface area contributed by atoms with E-state index in [1.807, 2.05) is 20.8 Å². The van der Waals surface area contributed by atoms with E-state index in [4.69, 9.17) is 9.47 Å². The molecule has 0 aromatic heterocycles. The van der Waals surface area contributed by atoms with Crippen molar-refractivity contribution in [1.82, 2.24) is 5.32 Å². The maximum absolute atomic E-state index is 11.2. The van der Waals surface area contributed by atoms with E-state index in [0.29, 0.717) is 0 Å². The van der Waals surface area contributed by atoms with Gasteiger partial charge in [-0.15, -0.1) is 0 Å². The third-order valence-electron chi connectivity index (χ3n) is 1.52. The van der Waals surface area contributed by atoms with Crippen molar-refractivity contribution in [2.45, 2.75) is 32.6 Å². The first-order valence-electron chi connectivity index (χ1n) is 4.68. The number of carbonyl (C=O) groups is 1. The molecule has 1 heterocycles. The van der Waals surface area contributed by atoms with E-state index < -0.39 is 11.8 Å². The van der Waals surface area contributed by atoms with E-state index >= 15 is 0 Å². The van der Waals surface area contributed by atoms with Gasteiger partial charge in [0.15, 0.2) is 6.23 Å². The molecular weight excluding hydrogens is 202 g/mol. The normalized spacial score (nSPS) is 22.9. The Morgan fingerprint density at radius 1 is 1.50 bits per heavy atom. The lowest BCUT2D eigenvalue weighted by Crippen LogP contribution is -2.41. The summed E-state index contributed by atoms with van der Waals surface area (Å²) in [5, 5.41) is 3.09. The molecule has 0 aromatic carbocycles. The molecule has 0 radical (unpaired) electrons. The van der Waals surface area contributed by atoms with Crippen LogP contribution in [0.3, 0.4) is 0 Å². The summed E-state index contributed by atoms with van der Waals surface area (Å²) in [6, 6.07) is 0. The predicted molar refractivity (Wildman–Crippen MR) is 56.4 cm³/mol. The molecule has 0 aliphatic carbocycles. The van der Waals surface area contributed by atoms with Crippen LogP contribution in [-0.4, -0.2) is 36.0 Å². The average molecular weight is 219 g/mol. The van der Waals surface area contributed by atoms with Crippen LogP contribution in [0.25, 0.3) is 0 Å². The molecule has 0 spiro atoms. The number of thioether (sulfide) groups is 1. The van der Waals surface area contributed by atoms with Gasteiger partial charge in [-0.2, -0.15) is 11.8 Å². The Balaban J connectivity index is 2.25. The minimum Gasteiger partial charge on any atom is -0.429 e. The number of nitrogens with one attached hydrogen (secondary N) is 1. The van der Waals surface area contributed by atoms with Crippen LogP contribution >= 0.6 is 11.8 Å². The minimum absolute atomic E-state index is 0.205. The fraction of sp³-hybridized carbons (Fsp3) is 0.889. The van der Waals surface area contributed by atoms with Gasteiger partial charge in [-0.05, 0) is 20.8 Å². The van der Waals surface area contributed by atoms with Gasteiger partial charge in [0.25, 0.3) is 0 Å². The molecule has 0 amide bonds. The fourth-order valence-corrected chi connectivity index (χ4v) is 1.84. The predicted octanol–water partition coefficient (Wildman–Crippen LogP) is 1.60. The molecule has 5 heteroatoms. The van der Waals surface area contributed by atoms with Crippen molar-refractivity contribution in [2.75, 3.05) is 18.1 Å². The Kier molecular flexibility index (Phi) is 4.07. The topological polar surface area (TPSA) is 47.6 Å². The molecular formula is C9H17NO3S. The fourth-order valence-electron chi connectivity index (χ4n) is 1.01. The summed E-state index contributed by atoms with van der Waals surface area (Å²) in [5.41, 5.74) is -0.487. The monoisotopic (exact) mass is 219 g/mol. The molecule has 0 aromatic rings. The van der Waals surface area contributed by atoms with Gasteiger partial charge in [0, 0.05) is 18.1 Å². The molecule has 14 heavy (non-hydrogen) atoms. The van der Waals surface area contributed by atoms with E-state index in [0.717, 1.165) is 18.1 Å². The van der Waals surface area contributed by atoms with Gasteiger partial charge < -0.3 is 9.47 Å². The highest BCUT2D eigenvalue weighted by atomic mass is 32.2. The van der Waals surface area contributed by atoms with Crippen molar-refractivity contribution in [2.24, 2.45) is 0 Å². The smallest absolute Gasteiger partial charge is 0.429 e. The van der Waals surface area contributed by atoms with Gasteiger partial charge >= 0.3 is 6.16 Å². The largest absolute Gasteiger partial charge is 0.510 e. The van der Waals surface area contributed by atoms with Gasteiger partial charge in [-0.25, -0.2) is 4.79 Å². The summed E-state index contributed by atoms with van der Waals surface area (Å²) in [5.74, 6) is 1.85. The molecule has 0 bridgehead atoms. The molecule has 82 valence electrons. The standard InChI is InChI=1S/C9H17NO3S/c1-9(2,3)13-8(11)12-7-6-14-5-4-10-7/h7,10H,4-6H2,1-3H3/t7-/m1/s1. The first-order chi connectivity index (χ1) is 6.47. The Labute approximate surface area is 88.7 Å². The zero-order valence-electron chi connectivity index (χ0n) is 8.83. The van der Waals surface area contributed by atoms with Crippen molar-refractivity contribution >= 4 is 17.9 Å². The molecule has 1 N–H and O–H groups in total. The minimum atomic E-state index is -0.600. The van der Waals surface area contributed by atoms with Crippen LogP contribution in [-0.2, 0) is 9.47 Å².